The molecule has 8 nitrogen and oxygen atoms in total. The molecule has 0 atom stereocenters. The fourth-order valence-corrected chi connectivity index (χ4v) is 1.53. The molecule has 1 aromatic carbocycles. The topological polar surface area (TPSA) is 118 Å². The van der Waals surface area contributed by atoms with E-state index in [1.807, 2.05) is 0 Å². The number of carbonyl (C=O) groups excluding carboxylic acids is 1. The number of phenols is 1. The van der Waals surface area contributed by atoms with Crippen molar-refractivity contribution in [3.05, 3.63) is 64.0 Å². The summed E-state index contributed by atoms with van der Waals surface area (Å²) in [5, 5.41) is 24.0. The number of nitrogens with one attached hydrogen (secondary N) is 1. The first-order chi connectivity index (χ1) is 10.1. The summed E-state index contributed by atoms with van der Waals surface area (Å²) in [7, 11) is 0. The van der Waals surface area contributed by atoms with E-state index >= 15 is 0 Å². The number of aromatic hydroxyl groups is 1. The highest BCUT2D eigenvalue weighted by atomic mass is 16.6. The Labute approximate surface area is 118 Å². The highest BCUT2D eigenvalue weighted by molar-refractivity contribution is 5.95. The average Bonchev–Trinajstić information content (AvgIpc) is 2.49. The molecule has 0 aliphatic carbocycles. The van der Waals surface area contributed by atoms with Crippen LogP contribution in [0, 0.1) is 10.1 Å². The van der Waals surface area contributed by atoms with Crippen molar-refractivity contribution in [2.45, 2.75) is 0 Å². The first-order valence-corrected chi connectivity index (χ1v) is 5.79. The molecule has 2 aromatic rings. The number of hydrogen-bond acceptors (Lipinski definition) is 6. The minimum absolute atomic E-state index is 0.124. The maximum absolute atomic E-state index is 11.7. The number of nitro groups is 1. The van der Waals surface area contributed by atoms with Crippen LogP contribution in [0.25, 0.3) is 0 Å². The molecule has 0 saturated heterocycles. The molecule has 106 valence electrons. The van der Waals surface area contributed by atoms with Gasteiger partial charge in [0.1, 0.15) is 0 Å². The van der Waals surface area contributed by atoms with Crippen LogP contribution < -0.4 is 5.43 Å². The maximum Gasteiger partial charge on any atom is 0.311 e. The number of nitro benzene ring substituents is 1. The van der Waals surface area contributed by atoms with Gasteiger partial charge in [-0.15, -0.1) is 0 Å². The molecule has 8 heteroatoms. The van der Waals surface area contributed by atoms with Crippen LogP contribution >= 0.6 is 0 Å². The number of carbonyl (C=O) groups is 1. The molecule has 0 radical (unpaired) electrons. The number of amides is 1. The van der Waals surface area contributed by atoms with Crippen LogP contribution in [0.2, 0.25) is 0 Å². The number of benzene rings is 1. The second-order valence-electron chi connectivity index (χ2n) is 3.91. The summed E-state index contributed by atoms with van der Waals surface area (Å²) in [6.45, 7) is 0. The molecular weight excluding hydrogens is 276 g/mol. The summed E-state index contributed by atoms with van der Waals surface area (Å²) in [5.74, 6) is -0.969. The summed E-state index contributed by atoms with van der Waals surface area (Å²) in [6.07, 6.45) is 4.05. The lowest BCUT2D eigenvalue weighted by molar-refractivity contribution is -0.385. The van der Waals surface area contributed by atoms with Crippen molar-refractivity contribution in [3.8, 4) is 5.75 Å². The van der Waals surface area contributed by atoms with Gasteiger partial charge in [0, 0.05) is 29.6 Å². The number of pyridine rings is 1. The number of nitrogens with zero attached hydrogens (tertiary/aromatic N) is 3. The molecule has 0 spiro atoms. The summed E-state index contributed by atoms with van der Waals surface area (Å²) in [5.41, 5.74) is 2.30. The molecule has 0 fully saturated rings. The fourth-order valence-electron chi connectivity index (χ4n) is 1.53. The van der Waals surface area contributed by atoms with E-state index in [0.29, 0.717) is 5.56 Å². The third-order valence-corrected chi connectivity index (χ3v) is 2.55. The summed E-state index contributed by atoms with van der Waals surface area (Å²) in [6, 6.07) is 7.03. The first kappa shape index (κ1) is 14.1. The second kappa shape index (κ2) is 6.24. The zero-order valence-electron chi connectivity index (χ0n) is 10.6. The van der Waals surface area contributed by atoms with Crippen molar-refractivity contribution in [2.24, 2.45) is 5.10 Å². The van der Waals surface area contributed by atoms with Crippen LogP contribution in [0.5, 0.6) is 5.75 Å². The molecule has 1 amide bonds. The van der Waals surface area contributed by atoms with Gasteiger partial charge in [0.2, 0.25) is 5.75 Å². The number of aromatic nitrogens is 1. The number of para-hydroxylation sites is 1. The Bertz CT molecular complexity index is 701. The van der Waals surface area contributed by atoms with Crippen LogP contribution in [0.3, 0.4) is 0 Å². The second-order valence-corrected chi connectivity index (χ2v) is 3.91. The van der Waals surface area contributed by atoms with Gasteiger partial charge in [-0.2, -0.15) is 5.10 Å². The van der Waals surface area contributed by atoms with E-state index in [1.165, 1.54) is 42.7 Å². The number of rotatable bonds is 4. The van der Waals surface area contributed by atoms with Crippen LogP contribution in [0.15, 0.2) is 47.8 Å². The summed E-state index contributed by atoms with van der Waals surface area (Å²) < 4.78 is 0. The monoisotopic (exact) mass is 286 g/mol. The van der Waals surface area contributed by atoms with Gasteiger partial charge in [0.25, 0.3) is 5.91 Å². The molecular formula is C13H10N4O4. The van der Waals surface area contributed by atoms with E-state index < -0.39 is 22.3 Å². The molecule has 21 heavy (non-hydrogen) atoms. The number of hydrazone groups is 1. The Balaban J connectivity index is 2.10. The van der Waals surface area contributed by atoms with Crippen LogP contribution in [-0.4, -0.2) is 27.1 Å². The molecule has 2 N–H and O–H groups in total. The zero-order valence-corrected chi connectivity index (χ0v) is 10.6. The molecule has 0 bridgehead atoms. The smallest absolute Gasteiger partial charge is 0.311 e. The van der Waals surface area contributed by atoms with E-state index in [-0.39, 0.29) is 5.56 Å². The number of phenolic OH excluding ortho intramolecular Hbond substituents is 1. The van der Waals surface area contributed by atoms with Crippen molar-refractivity contribution in [1.82, 2.24) is 10.4 Å². The summed E-state index contributed by atoms with van der Waals surface area (Å²) in [4.78, 5) is 25.4. The lowest BCUT2D eigenvalue weighted by Gasteiger charge is -2.00. The minimum Gasteiger partial charge on any atom is -0.502 e. The van der Waals surface area contributed by atoms with E-state index in [2.05, 4.69) is 15.5 Å². The van der Waals surface area contributed by atoms with Crippen molar-refractivity contribution in [2.75, 3.05) is 0 Å². The molecule has 2 rings (SSSR count). The lowest BCUT2D eigenvalue weighted by atomic mass is 10.2. The lowest BCUT2D eigenvalue weighted by Crippen LogP contribution is -2.17. The van der Waals surface area contributed by atoms with E-state index in [4.69, 9.17) is 0 Å². The standard InChI is InChI=1S/C13H10N4O4/c18-12-10(2-1-3-11(12)17(20)21)8-15-16-13(19)9-4-6-14-7-5-9/h1-8,18H,(H,16,19)/b15-8+. The highest BCUT2D eigenvalue weighted by Crippen LogP contribution is 2.27. The highest BCUT2D eigenvalue weighted by Gasteiger charge is 2.15. The van der Waals surface area contributed by atoms with Gasteiger partial charge in [0.05, 0.1) is 11.1 Å². The van der Waals surface area contributed by atoms with Crippen molar-refractivity contribution < 1.29 is 14.8 Å². The largest absolute Gasteiger partial charge is 0.502 e. The SMILES string of the molecule is O=C(N/N=C/c1cccc([N+](=O)[O-])c1O)c1ccncc1. The van der Waals surface area contributed by atoms with Crippen molar-refractivity contribution in [1.29, 1.82) is 0 Å². The molecule has 0 aliphatic rings. The fraction of sp³-hybridized carbons (Fsp3) is 0. The zero-order chi connectivity index (χ0) is 15.2. The van der Waals surface area contributed by atoms with Crippen LogP contribution in [-0.2, 0) is 0 Å². The third-order valence-electron chi connectivity index (χ3n) is 2.55. The van der Waals surface area contributed by atoms with Gasteiger partial charge in [-0.1, -0.05) is 6.07 Å². The minimum atomic E-state index is -0.706. The van der Waals surface area contributed by atoms with E-state index in [0.717, 1.165) is 6.21 Å². The van der Waals surface area contributed by atoms with E-state index in [1.54, 1.807) is 0 Å². The molecule has 1 heterocycles. The molecule has 0 unspecified atom stereocenters. The maximum atomic E-state index is 11.7. The quantitative estimate of drug-likeness (QED) is 0.501. The molecule has 0 saturated carbocycles. The van der Waals surface area contributed by atoms with Gasteiger partial charge in [0.15, 0.2) is 0 Å². The third kappa shape index (κ3) is 3.38. The van der Waals surface area contributed by atoms with Gasteiger partial charge in [-0.25, -0.2) is 5.43 Å². The van der Waals surface area contributed by atoms with Gasteiger partial charge in [-0.05, 0) is 18.2 Å². The Hall–Kier alpha value is -3.29. The Morgan fingerprint density at radius 3 is 2.71 bits per heavy atom. The average molecular weight is 286 g/mol. The summed E-state index contributed by atoms with van der Waals surface area (Å²) >= 11 is 0. The predicted molar refractivity (Wildman–Crippen MR) is 74.1 cm³/mol. The van der Waals surface area contributed by atoms with Crippen LogP contribution in [0.4, 0.5) is 5.69 Å². The Morgan fingerprint density at radius 2 is 2.05 bits per heavy atom. The normalized spacial score (nSPS) is 10.5. The number of hydrogen-bond donors (Lipinski definition) is 2. The van der Waals surface area contributed by atoms with Gasteiger partial charge < -0.3 is 5.11 Å². The molecule has 1 aromatic heterocycles. The van der Waals surface area contributed by atoms with Gasteiger partial charge >= 0.3 is 5.69 Å². The molecule has 0 aliphatic heterocycles. The predicted octanol–water partition coefficient (Wildman–Crippen LogP) is 1.46. The van der Waals surface area contributed by atoms with Crippen molar-refractivity contribution >= 4 is 17.8 Å². The Kier molecular flexibility index (Phi) is 4.20. The van der Waals surface area contributed by atoms with E-state index in [9.17, 15) is 20.0 Å². The Morgan fingerprint density at radius 1 is 1.33 bits per heavy atom. The van der Waals surface area contributed by atoms with Crippen LogP contribution in [0.1, 0.15) is 15.9 Å². The first-order valence-electron chi connectivity index (χ1n) is 5.79. The van der Waals surface area contributed by atoms with Gasteiger partial charge in [-0.3, -0.25) is 19.9 Å². The van der Waals surface area contributed by atoms with Crippen molar-refractivity contribution in [3.63, 3.8) is 0 Å².